The van der Waals surface area contributed by atoms with Gasteiger partial charge in [0.15, 0.2) is 0 Å². The van der Waals surface area contributed by atoms with Crippen LogP contribution in [-0.2, 0) is 0 Å². The van der Waals surface area contributed by atoms with Crippen LogP contribution in [-0.4, -0.2) is 22.6 Å². The third-order valence-corrected chi connectivity index (χ3v) is 1.93. The minimum atomic E-state index is -1.20. The minimum Gasteiger partial charge on any atom is -0.462 e. The molecule has 2 atom stereocenters. The van der Waals surface area contributed by atoms with Crippen LogP contribution in [0.25, 0.3) is 6.08 Å². The fourth-order valence-electron chi connectivity index (χ4n) is 1.13. The molecule has 2 N–H and O–H groups in total. The highest BCUT2D eigenvalue weighted by molar-refractivity contribution is 5.56. The van der Waals surface area contributed by atoms with Gasteiger partial charge in [0.2, 0.25) is 6.29 Å². The molecule has 0 bridgehead atoms. The van der Waals surface area contributed by atoms with E-state index in [1.807, 2.05) is 37.3 Å². The molecule has 3 heteroatoms. The average molecular weight is 208 g/mol. The van der Waals surface area contributed by atoms with Crippen LogP contribution in [0.5, 0.6) is 5.75 Å². The molecule has 0 saturated carbocycles. The van der Waals surface area contributed by atoms with Crippen molar-refractivity contribution in [2.45, 2.75) is 26.2 Å². The quantitative estimate of drug-likeness (QED) is 0.742. The number of hydrogen-bond donors (Lipinski definition) is 2. The number of hydrogen-bond acceptors (Lipinski definition) is 3. The molecule has 1 rings (SSSR count). The Morgan fingerprint density at radius 3 is 2.53 bits per heavy atom. The number of para-hydroxylation sites is 1. The van der Waals surface area contributed by atoms with Gasteiger partial charge in [-0.1, -0.05) is 30.4 Å². The lowest BCUT2D eigenvalue weighted by molar-refractivity contribution is -0.0959. The van der Waals surface area contributed by atoms with Crippen LogP contribution in [0.1, 0.15) is 19.4 Å². The molecule has 0 aliphatic heterocycles. The lowest BCUT2D eigenvalue weighted by Gasteiger charge is -2.17. The molecule has 0 spiro atoms. The monoisotopic (exact) mass is 208 g/mol. The molecular formula is C12H16O3. The fraction of sp³-hybridized carbons (Fsp3) is 0.333. The summed E-state index contributed by atoms with van der Waals surface area (Å²) in [6.45, 7) is 3.38. The zero-order valence-corrected chi connectivity index (χ0v) is 8.92. The van der Waals surface area contributed by atoms with E-state index in [0.717, 1.165) is 5.56 Å². The largest absolute Gasteiger partial charge is 0.462 e. The molecule has 0 fully saturated rings. The highest BCUT2D eigenvalue weighted by Gasteiger charge is 2.13. The molecule has 0 radical (unpaired) electrons. The summed E-state index contributed by atoms with van der Waals surface area (Å²) in [5.74, 6) is 0.559. The standard InChI is InChI=1S/C12H16O3/c1-3-6-10-7-4-5-8-11(10)15-12(14)9(2)13/h3-9,12-14H,1-2H3. The Balaban J connectivity index is 2.84. The first-order valence-corrected chi connectivity index (χ1v) is 4.89. The number of benzene rings is 1. The summed E-state index contributed by atoms with van der Waals surface area (Å²) in [7, 11) is 0. The predicted octanol–water partition coefficient (Wildman–Crippen LogP) is 1.80. The first-order valence-electron chi connectivity index (χ1n) is 4.89. The summed E-state index contributed by atoms with van der Waals surface area (Å²) in [6.07, 6.45) is 1.65. The van der Waals surface area contributed by atoms with E-state index >= 15 is 0 Å². The number of aliphatic hydroxyl groups is 2. The summed E-state index contributed by atoms with van der Waals surface area (Å²) in [5, 5.41) is 18.5. The smallest absolute Gasteiger partial charge is 0.223 e. The van der Waals surface area contributed by atoms with Crippen molar-refractivity contribution in [1.29, 1.82) is 0 Å². The molecule has 0 heterocycles. The van der Waals surface area contributed by atoms with Crippen molar-refractivity contribution in [2.24, 2.45) is 0 Å². The van der Waals surface area contributed by atoms with Gasteiger partial charge >= 0.3 is 0 Å². The third-order valence-electron chi connectivity index (χ3n) is 1.93. The Kier molecular flexibility index (Phi) is 4.34. The second-order valence-corrected chi connectivity index (χ2v) is 3.29. The number of ether oxygens (including phenoxy) is 1. The van der Waals surface area contributed by atoms with E-state index < -0.39 is 12.4 Å². The molecule has 0 amide bonds. The first kappa shape index (κ1) is 11.8. The van der Waals surface area contributed by atoms with Crippen LogP contribution in [0.3, 0.4) is 0 Å². The maximum Gasteiger partial charge on any atom is 0.223 e. The molecule has 1 aromatic carbocycles. The zero-order valence-electron chi connectivity index (χ0n) is 8.92. The van der Waals surface area contributed by atoms with Crippen molar-refractivity contribution in [3.05, 3.63) is 35.9 Å². The highest BCUT2D eigenvalue weighted by Crippen LogP contribution is 2.20. The van der Waals surface area contributed by atoms with Crippen molar-refractivity contribution in [3.63, 3.8) is 0 Å². The molecule has 0 aliphatic rings. The Hall–Kier alpha value is -1.32. The summed E-state index contributed by atoms with van der Waals surface area (Å²) in [6, 6.07) is 7.33. The van der Waals surface area contributed by atoms with Crippen molar-refractivity contribution in [3.8, 4) is 5.75 Å². The number of allylic oxidation sites excluding steroid dienone is 1. The number of rotatable bonds is 4. The summed E-state index contributed by atoms with van der Waals surface area (Å²) in [5.41, 5.74) is 0.875. The topological polar surface area (TPSA) is 49.7 Å². The van der Waals surface area contributed by atoms with Crippen LogP contribution >= 0.6 is 0 Å². The van der Waals surface area contributed by atoms with E-state index in [2.05, 4.69) is 0 Å². The van der Waals surface area contributed by atoms with Crippen molar-refractivity contribution < 1.29 is 14.9 Å². The van der Waals surface area contributed by atoms with E-state index in [-0.39, 0.29) is 0 Å². The zero-order chi connectivity index (χ0) is 11.3. The maximum atomic E-state index is 9.38. The van der Waals surface area contributed by atoms with Gasteiger partial charge in [0, 0.05) is 5.56 Å². The second kappa shape index (κ2) is 5.53. The van der Waals surface area contributed by atoms with Crippen molar-refractivity contribution in [1.82, 2.24) is 0 Å². The summed E-state index contributed by atoms with van der Waals surface area (Å²) >= 11 is 0. The molecule has 15 heavy (non-hydrogen) atoms. The molecular weight excluding hydrogens is 192 g/mol. The molecule has 0 saturated heterocycles. The average Bonchev–Trinajstić information content (AvgIpc) is 2.21. The first-order chi connectivity index (χ1) is 7.15. The summed E-state index contributed by atoms with van der Waals surface area (Å²) < 4.78 is 5.21. The molecule has 82 valence electrons. The van der Waals surface area contributed by atoms with E-state index in [0.29, 0.717) is 5.75 Å². The third kappa shape index (κ3) is 3.38. The predicted molar refractivity (Wildman–Crippen MR) is 59.5 cm³/mol. The Bertz CT molecular complexity index is 331. The van der Waals surface area contributed by atoms with Gasteiger partial charge in [0.1, 0.15) is 11.9 Å². The highest BCUT2D eigenvalue weighted by atomic mass is 16.6. The Morgan fingerprint density at radius 1 is 1.27 bits per heavy atom. The second-order valence-electron chi connectivity index (χ2n) is 3.29. The lowest BCUT2D eigenvalue weighted by Crippen LogP contribution is -2.28. The van der Waals surface area contributed by atoms with Gasteiger partial charge < -0.3 is 14.9 Å². The fourth-order valence-corrected chi connectivity index (χ4v) is 1.13. The number of aliphatic hydroxyl groups excluding tert-OH is 2. The van der Waals surface area contributed by atoms with Gasteiger partial charge in [-0.3, -0.25) is 0 Å². The molecule has 0 aliphatic carbocycles. The van der Waals surface area contributed by atoms with Crippen LogP contribution in [0.2, 0.25) is 0 Å². The Labute approximate surface area is 89.6 Å². The minimum absolute atomic E-state index is 0.559. The molecule has 2 unspecified atom stereocenters. The molecule has 1 aromatic rings. The SMILES string of the molecule is CC=Cc1ccccc1OC(O)C(C)O. The summed E-state index contributed by atoms with van der Waals surface area (Å²) in [4.78, 5) is 0. The van der Waals surface area contributed by atoms with Crippen LogP contribution in [0, 0.1) is 0 Å². The van der Waals surface area contributed by atoms with E-state index in [1.165, 1.54) is 6.92 Å². The normalized spacial score (nSPS) is 15.2. The van der Waals surface area contributed by atoms with Crippen LogP contribution < -0.4 is 4.74 Å². The van der Waals surface area contributed by atoms with Gasteiger partial charge in [-0.15, -0.1) is 0 Å². The van der Waals surface area contributed by atoms with E-state index in [9.17, 15) is 5.11 Å². The van der Waals surface area contributed by atoms with Crippen molar-refractivity contribution in [2.75, 3.05) is 0 Å². The van der Waals surface area contributed by atoms with Gasteiger partial charge in [0.05, 0.1) is 0 Å². The van der Waals surface area contributed by atoms with Crippen LogP contribution in [0.4, 0.5) is 0 Å². The van der Waals surface area contributed by atoms with E-state index in [1.54, 1.807) is 6.07 Å². The lowest BCUT2D eigenvalue weighted by atomic mass is 10.2. The van der Waals surface area contributed by atoms with Crippen LogP contribution in [0.15, 0.2) is 30.3 Å². The Morgan fingerprint density at radius 2 is 1.93 bits per heavy atom. The van der Waals surface area contributed by atoms with Gasteiger partial charge in [-0.25, -0.2) is 0 Å². The van der Waals surface area contributed by atoms with Gasteiger partial charge in [-0.2, -0.15) is 0 Å². The molecule has 3 nitrogen and oxygen atoms in total. The van der Waals surface area contributed by atoms with Gasteiger partial charge in [0.25, 0.3) is 0 Å². The van der Waals surface area contributed by atoms with E-state index in [4.69, 9.17) is 9.84 Å². The van der Waals surface area contributed by atoms with Gasteiger partial charge in [-0.05, 0) is 19.9 Å². The van der Waals surface area contributed by atoms with Crippen molar-refractivity contribution >= 4 is 6.08 Å². The maximum absolute atomic E-state index is 9.38. The molecule has 0 aromatic heterocycles.